The molecule has 0 heterocycles. The van der Waals surface area contributed by atoms with Gasteiger partial charge in [0.15, 0.2) is 0 Å². The van der Waals surface area contributed by atoms with E-state index in [4.69, 9.17) is 9.47 Å². The van der Waals surface area contributed by atoms with Crippen LogP contribution in [0.15, 0.2) is 0 Å². The van der Waals surface area contributed by atoms with E-state index in [0.717, 1.165) is 43.9 Å². The van der Waals surface area contributed by atoms with E-state index in [0.29, 0.717) is 11.8 Å². The summed E-state index contributed by atoms with van der Waals surface area (Å²) in [6, 6.07) is 0. The zero-order valence-corrected chi connectivity index (χ0v) is 23.2. The van der Waals surface area contributed by atoms with Crippen LogP contribution < -0.4 is 0 Å². The third-order valence-corrected chi connectivity index (χ3v) is 10.1. The highest BCUT2D eigenvalue weighted by Gasteiger charge is 2.59. The Kier molecular flexibility index (Phi) is 8.83. The third-order valence-electron chi connectivity index (χ3n) is 10.1. The van der Waals surface area contributed by atoms with Crippen LogP contribution in [-0.4, -0.2) is 23.6 Å². The van der Waals surface area contributed by atoms with Gasteiger partial charge >= 0.3 is 11.9 Å². The van der Waals surface area contributed by atoms with E-state index < -0.39 is 0 Å². The summed E-state index contributed by atoms with van der Waals surface area (Å²) in [7, 11) is 0. The van der Waals surface area contributed by atoms with Crippen LogP contribution in [0.25, 0.3) is 0 Å². The van der Waals surface area contributed by atoms with E-state index in [1.807, 2.05) is 34.6 Å². The Balaban J connectivity index is 0.000000204. The van der Waals surface area contributed by atoms with Crippen molar-refractivity contribution in [1.82, 2.24) is 0 Å². The zero-order chi connectivity index (χ0) is 25.1. The van der Waals surface area contributed by atoms with Crippen molar-refractivity contribution in [3.05, 3.63) is 0 Å². The monoisotopic (exact) mass is 476 g/mol. The Morgan fingerprint density at radius 2 is 1.21 bits per heavy atom. The molecule has 5 fully saturated rings. The van der Waals surface area contributed by atoms with Crippen molar-refractivity contribution in [2.75, 3.05) is 0 Å². The van der Waals surface area contributed by atoms with Gasteiger partial charge in [0.1, 0.15) is 11.7 Å². The number of hydrogen-bond acceptors (Lipinski definition) is 4. The number of esters is 2. The van der Waals surface area contributed by atoms with Gasteiger partial charge in [0.2, 0.25) is 0 Å². The molecule has 0 N–H and O–H groups in total. The standard InChI is InChI=1S/C18H30O2.C12H22O2/c1-5-17(3,4)16(19)20-18(6-2)14-8-12-7-13(10-14)11-15(18)9-12;1-4-12(2,3)11(13)14-10-8-6-5-7-9-10/h12-15H,5-11H2,1-4H3;10H,4-9H2,1-3H3. The normalized spacial score (nSPS) is 33.1. The number of carbonyl (C=O) groups is 2. The first-order valence-electron chi connectivity index (χ1n) is 14.4. The lowest BCUT2D eigenvalue weighted by molar-refractivity contribution is -0.218. The molecule has 4 heteroatoms. The molecule has 0 atom stereocenters. The highest BCUT2D eigenvalue weighted by atomic mass is 16.6. The SMILES string of the molecule is CCC(C)(C)C(=O)OC1(CC)C2CC3CC(C2)CC1C3.CCC(C)(C)C(=O)OC1CCCCC1. The molecular weight excluding hydrogens is 424 g/mol. The molecule has 0 unspecified atom stereocenters. The first kappa shape index (κ1) is 27.5. The molecule has 196 valence electrons. The molecule has 0 aliphatic heterocycles. The highest BCUT2D eigenvalue weighted by molar-refractivity contribution is 5.76. The van der Waals surface area contributed by atoms with Crippen LogP contribution >= 0.6 is 0 Å². The molecule has 4 bridgehead atoms. The molecule has 0 amide bonds. The van der Waals surface area contributed by atoms with Crippen LogP contribution in [-0.2, 0) is 19.1 Å². The maximum Gasteiger partial charge on any atom is 0.312 e. The van der Waals surface area contributed by atoms with Crippen molar-refractivity contribution in [2.24, 2.45) is 34.5 Å². The maximum atomic E-state index is 12.6. The smallest absolute Gasteiger partial charge is 0.312 e. The van der Waals surface area contributed by atoms with Crippen molar-refractivity contribution in [3.8, 4) is 0 Å². The third kappa shape index (κ3) is 5.84. The summed E-state index contributed by atoms with van der Waals surface area (Å²) in [5.41, 5.74) is -0.773. The second kappa shape index (κ2) is 10.9. The number of hydrogen-bond donors (Lipinski definition) is 0. The van der Waals surface area contributed by atoms with Crippen molar-refractivity contribution in [2.45, 2.75) is 144 Å². The minimum Gasteiger partial charge on any atom is -0.462 e. The Bertz CT molecular complexity index is 673. The summed E-state index contributed by atoms with van der Waals surface area (Å²) in [6.07, 6.45) is 15.4. The molecule has 5 rings (SSSR count). The van der Waals surface area contributed by atoms with Crippen molar-refractivity contribution >= 4 is 11.9 Å². The summed E-state index contributed by atoms with van der Waals surface area (Å²) in [4.78, 5) is 24.4. The fourth-order valence-electron chi connectivity index (χ4n) is 6.89. The summed E-state index contributed by atoms with van der Waals surface area (Å²) < 4.78 is 11.8. The van der Waals surface area contributed by atoms with Gasteiger partial charge < -0.3 is 9.47 Å². The molecule has 0 radical (unpaired) electrons. The number of carbonyl (C=O) groups excluding carboxylic acids is 2. The minimum atomic E-state index is -0.336. The lowest BCUT2D eigenvalue weighted by Crippen LogP contribution is -2.60. The molecule has 5 aliphatic rings. The van der Waals surface area contributed by atoms with Crippen LogP contribution in [0.5, 0.6) is 0 Å². The van der Waals surface area contributed by atoms with Gasteiger partial charge in [-0.2, -0.15) is 0 Å². The average molecular weight is 477 g/mol. The Morgan fingerprint density at radius 3 is 1.65 bits per heavy atom. The predicted octanol–water partition coefficient (Wildman–Crippen LogP) is 7.87. The van der Waals surface area contributed by atoms with Gasteiger partial charge in [0.25, 0.3) is 0 Å². The summed E-state index contributed by atoms with van der Waals surface area (Å²) in [5.74, 6) is 3.15. The van der Waals surface area contributed by atoms with Gasteiger partial charge in [-0.25, -0.2) is 0 Å². The molecule has 5 saturated carbocycles. The molecule has 0 aromatic heterocycles. The molecule has 5 aliphatic carbocycles. The second-order valence-electron chi connectivity index (χ2n) is 13.1. The van der Waals surface area contributed by atoms with Crippen molar-refractivity contribution in [1.29, 1.82) is 0 Å². The number of rotatable bonds is 7. The Hall–Kier alpha value is -1.06. The van der Waals surface area contributed by atoms with E-state index in [2.05, 4.69) is 13.8 Å². The lowest BCUT2D eigenvalue weighted by Gasteiger charge is -2.60. The first-order valence-corrected chi connectivity index (χ1v) is 14.4. The Labute approximate surface area is 209 Å². The van der Waals surface area contributed by atoms with Crippen LogP contribution in [0, 0.1) is 34.5 Å². The molecule has 0 aromatic rings. The quantitative estimate of drug-likeness (QED) is 0.351. The highest BCUT2D eigenvalue weighted by Crippen LogP contribution is 2.61. The Morgan fingerprint density at radius 1 is 0.735 bits per heavy atom. The fraction of sp³-hybridized carbons (Fsp3) is 0.933. The van der Waals surface area contributed by atoms with Crippen molar-refractivity contribution < 1.29 is 19.1 Å². The molecular formula is C30H52O4. The van der Waals surface area contributed by atoms with Gasteiger partial charge in [0.05, 0.1) is 10.8 Å². The van der Waals surface area contributed by atoms with Gasteiger partial charge in [0, 0.05) is 0 Å². The number of ether oxygens (including phenoxy) is 2. The van der Waals surface area contributed by atoms with Crippen LogP contribution in [0.2, 0.25) is 0 Å². The van der Waals surface area contributed by atoms with E-state index in [1.54, 1.807) is 0 Å². The van der Waals surface area contributed by atoms with E-state index in [-0.39, 0.29) is 34.5 Å². The molecule has 0 saturated heterocycles. The molecule has 0 aromatic carbocycles. The van der Waals surface area contributed by atoms with E-state index in [9.17, 15) is 9.59 Å². The lowest BCUT2D eigenvalue weighted by atomic mass is 9.49. The van der Waals surface area contributed by atoms with Crippen LogP contribution in [0.4, 0.5) is 0 Å². The van der Waals surface area contributed by atoms with Gasteiger partial charge in [-0.3, -0.25) is 9.59 Å². The second-order valence-corrected chi connectivity index (χ2v) is 13.1. The average Bonchev–Trinajstić information content (AvgIpc) is 2.82. The topological polar surface area (TPSA) is 52.6 Å². The van der Waals surface area contributed by atoms with E-state index in [1.165, 1.54) is 51.4 Å². The fourth-order valence-corrected chi connectivity index (χ4v) is 6.89. The van der Waals surface area contributed by atoms with Crippen LogP contribution in [0.3, 0.4) is 0 Å². The maximum absolute atomic E-state index is 12.6. The van der Waals surface area contributed by atoms with Gasteiger partial charge in [-0.05, 0) is 128 Å². The molecule has 4 nitrogen and oxygen atoms in total. The molecule has 34 heavy (non-hydrogen) atoms. The summed E-state index contributed by atoms with van der Waals surface area (Å²) in [5, 5.41) is 0. The zero-order valence-electron chi connectivity index (χ0n) is 23.2. The largest absolute Gasteiger partial charge is 0.462 e. The van der Waals surface area contributed by atoms with Crippen LogP contribution in [0.1, 0.15) is 132 Å². The molecule has 0 spiro atoms. The van der Waals surface area contributed by atoms with Crippen molar-refractivity contribution in [3.63, 3.8) is 0 Å². The summed E-state index contributed by atoms with van der Waals surface area (Å²) >= 11 is 0. The minimum absolute atomic E-state index is 0.0214. The van der Waals surface area contributed by atoms with E-state index >= 15 is 0 Å². The predicted molar refractivity (Wildman–Crippen MR) is 137 cm³/mol. The first-order chi connectivity index (χ1) is 16.0. The summed E-state index contributed by atoms with van der Waals surface area (Å²) in [6.45, 7) is 14.3. The van der Waals surface area contributed by atoms with Gasteiger partial charge in [-0.1, -0.05) is 27.2 Å². The van der Waals surface area contributed by atoms with Gasteiger partial charge in [-0.15, -0.1) is 0 Å².